The van der Waals surface area contributed by atoms with Crippen LogP contribution in [0.3, 0.4) is 0 Å². The first kappa shape index (κ1) is 38.8. The summed E-state index contributed by atoms with van der Waals surface area (Å²) in [4.78, 5) is 53.8. The van der Waals surface area contributed by atoms with Gasteiger partial charge in [0.1, 0.15) is 23.9 Å². The molecule has 0 bridgehead atoms. The smallest absolute Gasteiger partial charge is 0.328 e. The van der Waals surface area contributed by atoms with Crippen LogP contribution in [-0.2, 0) is 30.3 Å². The number of hydrogen-bond donors (Lipinski definition) is 4. The van der Waals surface area contributed by atoms with E-state index < -0.39 is 64.7 Å². The maximum Gasteiger partial charge on any atom is 0.328 e. The van der Waals surface area contributed by atoms with Gasteiger partial charge in [-0.3, -0.25) is 14.4 Å². The van der Waals surface area contributed by atoms with E-state index in [0.717, 1.165) is 0 Å². The minimum Gasteiger partial charge on any atom is -0.495 e. The van der Waals surface area contributed by atoms with Gasteiger partial charge < -0.3 is 30.5 Å². The Morgan fingerprint density at radius 3 is 2.33 bits per heavy atom. The van der Waals surface area contributed by atoms with Crippen LogP contribution in [-0.4, -0.2) is 66.7 Å². The van der Waals surface area contributed by atoms with Gasteiger partial charge in [-0.15, -0.1) is 11.6 Å². The topological polar surface area (TPSA) is 143 Å². The van der Waals surface area contributed by atoms with Crippen LogP contribution in [0.2, 0.25) is 5.02 Å². The van der Waals surface area contributed by atoms with E-state index in [1.807, 2.05) is 32.0 Å². The summed E-state index contributed by atoms with van der Waals surface area (Å²) in [5, 5.41) is 19.2. The quantitative estimate of drug-likeness (QED) is 0.215. The number of halogens is 2. The molecule has 1 aliphatic heterocycles. The Labute approximate surface area is 292 Å². The van der Waals surface area contributed by atoms with Crippen LogP contribution in [0.1, 0.15) is 64.0 Å². The van der Waals surface area contributed by atoms with Gasteiger partial charge >= 0.3 is 5.97 Å². The minimum absolute atomic E-state index is 0.0267. The van der Waals surface area contributed by atoms with Gasteiger partial charge in [-0.05, 0) is 55.5 Å². The fourth-order valence-corrected chi connectivity index (χ4v) is 5.94. The molecule has 10 nitrogen and oxygen atoms in total. The van der Waals surface area contributed by atoms with Crippen LogP contribution in [0.15, 0.2) is 60.7 Å². The molecule has 12 heteroatoms. The summed E-state index contributed by atoms with van der Waals surface area (Å²) in [6.45, 7) is 8.77. The highest BCUT2D eigenvalue weighted by atomic mass is 35.5. The van der Waals surface area contributed by atoms with Crippen molar-refractivity contribution in [2.24, 2.45) is 17.3 Å². The molecular weight excluding hydrogens is 657 g/mol. The zero-order valence-corrected chi connectivity index (χ0v) is 29.8. The van der Waals surface area contributed by atoms with Gasteiger partial charge in [-0.25, -0.2) is 4.79 Å². The first-order valence-electron chi connectivity index (χ1n) is 16.1. The Hall–Kier alpha value is -3.60. The number of aliphatic hydroxyl groups excluding tert-OH is 1. The number of hydrogen-bond acceptors (Lipinski definition) is 7. The number of benzene rings is 2. The number of alkyl halides is 1. The number of esters is 1. The molecule has 1 aliphatic rings. The molecule has 1 heterocycles. The van der Waals surface area contributed by atoms with Crippen molar-refractivity contribution in [3.63, 3.8) is 0 Å². The number of amides is 3. The van der Waals surface area contributed by atoms with Crippen LogP contribution in [0, 0.1) is 17.3 Å². The van der Waals surface area contributed by atoms with Crippen molar-refractivity contribution < 1.29 is 33.8 Å². The van der Waals surface area contributed by atoms with E-state index in [2.05, 4.69) is 16.0 Å². The molecule has 0 radical (unpaired) electrons. The lowest BCUT2D eigenvalue weighted by molar-refractivity contribution is -0.158. The van der Waals surface area contributed by atoms with Crippen molar-refractivity contribution in [2.45, 2.75) is 83.5 Å². The van der Waals surface area contributed by atoms with E-state index in [4.69, 9.17) is 32.7 Å². The summed E-state index contributed by atoms with van der Waals surface area (Å²) < 4.78 is 11.2. The van der Waals surface area contributed by atoms with E-state index >= 15 is 0 Å². The highest BCUT2D eigenvalue weighted by Crippen LogP contribution is 2.32. The maximum atomic E-state index is 13.6. The van der Waals surface area contributed by atoms with E-state index in [-0.39, 0.29) is 25.3 Å². The van der Waals surface area contributed by atoms with Crippen molar-refractivity contribution in [3.05, 3.63) is 76.8 Å². The first-order chi connectivity index (χ1) is 22.6. The number of carbonyl (C=O) groups is 4. The molecule has 0 fully saturated rings. The Morgan fingerprint density at radius 2 is 1.71 bits per heavy atom. The molecule has 0 aromatic heterocycles. The van der Waals surface area contributed by atoms with Crippen molar-refractivity contribution in [3.8, 4) is 5.75 Å². The highest BCUT2D eigenvalue weighted by Gasteiger charge is 2.37. The molecule has 3 amide bonds. The number of carbonyl (C=O) groups excluding carboxylic acids is 4. The van der Waals surface area contributed by atoms with Crippen molar-refractivity contribution >= 4 is 46.9 Å². The largest absolute Gasteiger partial charge is 0.495 e. The van der Waals surface area contributed by atoms with E-state index in [9.17, 15) is 24.3 Å². The predicted molar refractivity (Wildman–Crippen MR) is 186 cm³/mol. The Balaban J connectivity index is 1.96. The fourth-order valence-electron chi connectivity index (χ4n) is 5.28. The molecule has 2 aromatic carbocycles. The van der Waals surface area contributed by atoms with Gasteiger partial charge in [0.25, 0.3) is 0 Å². The number of ether oxygens (including phenoxy) is 2. The normalized spacial score (nSPS) is 23.6. The fraction of sp³-hybridized carbons (Fsp3) is 0.500. The Morgan fingerprint density at radius 1 is 1.02 bits per heavy atom. The number of rotatable bonds is 9. The highest BCUT2D eigenvalue weighted by molar-refractivity contribution is 6.32. The second-order valence-electron chi connectivity index (χ2n) is 13.3. The first-order valence-corrected chi connectivity index (χ1v) is 16.9. The summed E-state index contributed by atoms with van der Waals surface area (Å²) in [6.07, 6.45) is 1.21. The SMILES string of the molecule is COc1ccc(CC2NC(=O)/C=C/C[C@@H]([C@H](C)[C@@H](O)[C@@H](Cl)c3ccccc3)OC(=O)[C@H](CC(C)C)NC(=O)C(C)(C)CNC2=O)cc1Cl. The van der Waals surface area contributed by atoms with Crippen LogP contribution < -0.4 is 20.7 Å². The average molecular weight is 705 g/mol. The molecule has 0 saturated heterocycles. The molecule has 3 rings (SSSR count). The zero-order valence-electron chi connectivity index (χ0n) is 28.3. The molecule has 0 saturated carbocycles. The van der Waals surface area contributed by atoms with Crippen LogP contribution in [0.4, 0.5) is 0 Å². The van der Waals surface area contributed by atoms with Gasteiger partial charge in [0.15, 0.2) is 0 Å². The second-order valence-corrected chi connectivity index (χ2v) is 14.1. The molecule has 4 N–H and O–H groups in total. The standard InChI is InChI=1S/C36H47Cl2N3O7/c1-21(2)17-27-34(45)48-28(22(3)32(43)31(38)24-11-8-7-9-12-24)13-10-14-30(42)40-26(19-23-15-16-29(47-6)25(37)18-23)33(44)39-20-36(4,5)35(46)41-27/h7-12,14-16,18,21-22,26-28,31-32,43H,13,17,19-20H2,1-6H3,(H,39,44)(H,40,42)(H,41,46)/b14-10+/t22-,26?,27-,28-,31-,32+/m0/s1. The molecular formula is C36H47Cl2N3O7. The lowest BCUT2D eigenvalue weighted by atomic mass is 9.90. The third-order valence-electron chi connectivity index (χ3n) is 8.35. The predicted octanol–water partition coefficient (Wildman–Crippen LogP) is 4.90. The van der Waals surface area contributed by atoms with Gasteiger partial charge in [-0.2, -0.15) is 0 Å². The lowest BCUT2D eigenvalue weighted by Gasteiger charge is -2.32. The average Bonchev–Trinajstić information content (AvgIpc) is 3.04. The Kier molecular flexibility index (Phi) is 14.3. The number of cyclic esters (lactones) is 1. The molecule has 2 aromatic rings. The van der Waals surface area contributed by atoms with Gasteiger partial charge in [0.05, 0.1) is 29.0 Å². The molecule has 6 atom stereocenters. The maximum absolute atomic E-state index is 13.6. The van der Waals surface area contributed by atoms with Crippen LogP contribution >= 0.6 is 23.2 Å². The number of methoxy groups -OCH3 is 1. The lowest BCUT2D eigenvalue weighted by Crippen LogP contribution is -2.54. The minimum atomic E-state index is -1.13. The summed E-state index contributed by atoms with van der Waals surface area (Å²) in [7, 11) is 1.50. The van der Waals surface area contributed by atoms with Crippen molar-refractivity contribution in [2.75, 3.05) is 13.7 Å². The third-order valence-corrected chi connectivity index (χ3v) is 9.16. The molecule has 262 valence electrons. The number of aliphatic hydroxyl groups is 1. The third kappa shape index (κ3) is 11.0. The summed E-state index contributed by atoms with van der Waals surface area (Å²) in [5.74, 6) is -2.37. The summed E-state index contributed by atoms with van der Waals surface area (Å²) >= 11 is 13.0. The molecule has 0 aliphatic carbocycles. The van der Waals surface area contributed by atoms with Crippen LogP contribution in [0.5, 0.6) is 5.75 Å². The van der Waals surface area contributed by atoms with E-state index in [0.29, 0.717) is 28.3 Å². The number of nitrogens with one attached hydrogen (secondary N) is 3. The van der Waals surface area contributed by atoms with Gasteiger partial charge in [0, 0.05) is 25.3 Å². The second kappa shape index (κ2) is 17.7. The monoisotopic (exact) mass is 703 g/mol. The van der Waals surface area contributed by atoms with Gasteiger partial charge in [0.2, 0.25) is 17.7 Å². The van der Waals surface area contributed by atoms with Gasteiger partial charge in [-0.1, -0.05) is 74.8 Å². The molecule has 0 spiro atoms. The molecule has 1 unspecified atom stereocenters. The Bertz CT molecular complexity index is 1450. The summed E-state index contributed by atoms with van der Waals surface area (Å²) in [5.41, 5.74) is 0.240. The van der Waals surface area contributed by atoms with Crippen LogP contribution in [0.25, 0.3) is 0 Å². The summed E-state index contributed by atoms with van der Waals surface area (Å²) in [6, 6.07) is 12.1. The van der Waals surface area contributed by atoms with Crippen molar-refractivity contribution in [1.29, 1.82) is 0 Å². The van der Waals surface area contributed by atoms with E-state index in [1.54, 1.807) is 51.1 Å². The zero-order chi connectivity index (χ0) is 35.6. The van der Waals surface area contributed by atoms with E-state index in [1.165, 1.54) is 19.3 Å². The van der Waals surface area contributed by atoms with Crippen molar-refractivity contribution in [1.82, 2.24) is 16.0 Å². The molecule has 48 heavy (non-hydrogen) atoms.